The summed E-state index contributed by atoms with van der Waals surface area (Å²) in [4.78, 5) is 4.03. The summed E-state index contributed by atoms with van der Waals surface area (Å²) in [5.41, 5.74) is 1.45. The summed E-state index contributed by atoms with van der Waals surface area (Å²) < 4.78 is 6.46. The SMILES string of the molecule is C[C@H]1CC(NCCc2ncno2)c2ccsc2S1. The highest BCUT2D eigenvalue weighted by molar-refractivity contribution is 8.01. The molecule has 1 N–H and O–H groups in total. The highest BCUT2D eigenvalue weighted by Crippen LogP contribution is 2.43. The average molecular weight is 281 g/mol. The number of nitrogens with one attached hydrogen (secondary N) is 1. The Labute approximate surface area is 114 Å². The molecule has 0 spiro atoms. The van der Waals surface area contributed by atoms with E-state index in [1.54, 1.807) is 0 Å². The van der Waals surface area contributed by atoms with Gasteiger partial charge in [-0.25, -0.2) is 0 Å². The zero-order chi connectivity index (χ0) is 12.4. The molecule has 0 aromatic carbocycles. The molecule has 1 aliphatic rings. The molecule has 6 heteroatoms. The molecule has 0 radical (unpaired) electrons. The van der Waals surface area contributed by atoms with Crippen LogP contribution in [0.25, 0.3) is 0 Å². The second kappa shape index (κ2) is 5.42. The summed E-state index contributed by atoms with van der Waals surface area (Å²) in [5.74, 6) is 0.700. The average Bonchev–Trinajstić information content (AvgIpc) is 2.98. The Bertz CT molecular complexity index is 497. The standard InChI is InChI=1S/C12H15N3OS2/c1-8-6-10(9-3-5-17-12(9)18-8)13-4-2-11-14-7-15-16-11/h3,5,7-8,10,13H,2,4,6H2,1H3/t8-,10?/m0/s1. The fourth-order valence-electron chi connectivity index (χ4n) is 2.20. The molecule has 0 saturated heterocycles. The fourth-order valence-corrected chi connectivity index (χ4v) is 4.77. The minimum Gasteiger partial charge on any atom is -0.340 e. The van der Waals surface area contributed by atoms with E-state index in [1.165, 1.54) is 22.5 Å². The molecule has 4 nitrogen and oxygen atoms in total. The summed E-state index contributed by atoms with van der Waals surface area (Å²) in [6.45, 7) is 3.17. The smallest absolute Gasteiger partial charge is 0.227 e. The van der Waals surface area contributed by atoms with Crippen LogP contribution < -0.4 is 5.32 Å². The number of nitrogens with zero attached hydrogens (tertiary/aromatic N) is 2. The van der Waals surface area contributed by atoms with Crippen LogP contribution in [-0.2, 0) is 6.42 Å². The zero-order valence-electron chi connectivity index (χ0n) is 10.1. The summed E-state index contributed by atoms with van der Waals surface area (Å²) in [5, 5.41) is 10.1. The fraction of sp³-hybridized carbons (Fsp3) is 0.500. The first-order valence-electron chi connectivity index (χ1n) is 6.06. The highest BCUT2D eigenvalue weighted by Gasteiger charge is 2.25. The highest BCUT2D eigenvalue weighted by atomic mass is 32.2. The van der Waals surface area contributed by atoms with E-state index in [9.17, 15) is 0 Å². The molecule has 2 aromatic rings. The monoisotopic (exact) mass is 281 g/mol. The van der Waals surface area contributed by atoms with Crippen LogP contribution >= 0.6 is 23.1 Å². The maximum absolute atomic E-state index is 5.00. The van der Waals surface area contributed by atoms with E-state index in [1.807, 2.05) is 23.1 Å². The van der Waals surface area contributed by atoms with Crippen molar-refractivity contribution in [2.45, 2.75) is 35.3 Å². The van der Waals surface area contributed by atoms with Gasteiger partial charge < -0.3 is 9.84 Å². The van der Waals surface area contributed by atoms with Gasteiger partial charge in [0.15, 0.2) is 6.33 Å². The van der Waals surface area contributed by atoms with Gasteiger partial charge in [0, 0.05) is 24.3 Å². The normalized spacial score (nSPS) is 22.9. The first-order chi connectivity index (χ1) is 8.83. The van der Waals surface area contributed by atoms with Crippen LogP contribution in [0.1, 0.15) is 30.8 Å². The summed E-state index contributed by atoms with van der Waals surface area (Å²) in [7, 11) is 0. The van der Waals surface area contributed by atoms with Crippen molar-refractivity contribution in [3.05, 3.63) is 29.2 Å². The van der Waals surface area contributed by atoms with Crippen molar-refractivity contribution < 1.29 is 4.52 Å². The first kappa shape index (κ1) is 12.2. The molecule has 18 heavy (non-hydrogen) atoms. The largest absolute Gasteiger partial charge is 0.340 e. The van der Waals surface area contributed by atoms with Crippen molar-refractivity contribution in [1.29, 1.82) is 0 Å². The summed E-state index contributed by atoms with van der Waals surface area (Å²) >= 11 is 3.84. The number of rotatable bonds is 4. The molecular weight excluding hydrogens is 266 g/mol. The van der Waals surface area contributed by atoms with Gasteiger partial charge in [-0.05, 0) is 23.4 Å². The lowest BCUT2D eigenvalue weighted by Gasteiger charge is -2.27. The van der Waals surface area contributed by atoms with E-state index in [2.05, 4.69) is 33.8 Å². The van der Waals surface area contributed by atoms with E-state index in [4.69, 9.17) is 4.52 Å². The number of thiophene rings is 1. The maximum atomic E-state index is 5.00. The van der Waals surface area contributed by atoms with Crippen molar-refractivity contribution in [2.24, 2.45) is 0 Å². The van der Waals surface area contributed by atoms with Gasteiger partial charge in [-0.1, -0.05) is 12.1 Å². The molecular formula is C12H15N3OS2. The number of fused-ring (bicyclic) bond motifs is 1. The third-order valence-corrected chi connectivity index (χ3v) is 5.39. The minimum atomic E-state index is 0.463. The number of thioether (sulfide) groups is 1. The van der Waals surface area contributed by atoms with Crippen molar-refractivity contribution in [3.8, 4) is 0 Å². The summed E-state index contributed by atoms with van der Waals surface area (Å²) in [6, 6.07) is 2.70. The Morgan fingerprint density at radius 3 is 3.33 bits per heavy atom. The van der Waals surface area contributed by atoms with Gasteiger partial charge in [0.05, 0.1) is 4.21 Å². The van der Waals surface area contributed by atoms with Crippen LogP contribution in [0.4, 0.5) is 0 Å². The van der Waals surface area contributed by atoms with Crippen LogP contribution in [-0.4, -0.2) is 21.9 Å². The van der Waals surface area contributed by atoms with Crippen LogP contribution in [0.2, 0.25) is 0 Å². The van der Waals surface area contributed by atoms with Gasteiger partial charge in [0.1, 0.15) is 0 Å². The second-order valence-corrected chi connectivity index (χ2v) is 7.04. The predicted molar refractivity (Wildman–Crippen MR) is 73.0 cm³/mol. The lowest BCUT2D eigenvalue weighted by molar-refractivity contribution is 0.369. The molecule has 0 bridgehead atoms. The number of hydrogen-bond acceptors (Lipinski definition) is 6. The molecule has 3 heterocycles. The molecule has 0 fully saturated rings. The lowest BCUT2D eigenvalue weighted by Crippen LogP contribution is -2.28. The van der Waals surface area contributed by atoms with Gasteiger partial charge >= 0.3 is 0 Å². The Balaban J connectivity index is 1.60. The van der Waals surface area contributed by atoms with Gasteiger partial charge in [-0.3, -0.25) is 0 Å². The van der Waals surface area contributed by atoms with Crippen LogP contribution in [0.5, 0.6) is 0 Å². The topological polar surface area (TPSA) is 51.0 Å². The van der Waals surface area contributed by atoms with Gasteiger partial charge in [-0.2, -0.15) is 4.98 Å². The molecule has 0 saturated carbocycles. The third kappa shape index (κ3) is 2.60. The molecule has 3 rings (SSSR count). The van der Waals surface area contributed by atoms with Gasteiger partial charge in [-0.15, -0.1) is 23.1 Å². The van der Waals surface area contributed by atoms with Crippen molar-refractivity contribution in [2.75, 3.05) is 6.54 Å². The Morgan fingerprint density at radius 1 is 1.56 bits per heavy atom. The predicted octanol–water partition coefficient (Wildman–Crippen LogP) is 2.89. The van der Waals surface area contributed by atoms with Gasteiger partial charge in [0.2, 0.25) is 5.89 Å². The minimum absolute atomic E-state index is 0.463. The Hall–Kier alpha value is -0.850. The van der Waals surface area contributed by atoms with Crippen molar-refractivity contribution >= 4 is 23.1 Å². The quantitative estimate of drug-likeness (QED) is 0.934. The van der Waals surface area contributed by atoms with Crippen LogP contribution in [0.3, 0.4) is 0 Å². The second-order valence-electron chi connectivity index (χ2n) is 4.42. The zero-order valence-corrected chi connectivity index (χ0v) is 11.8. The van der Waals surface area contributed by atoms with Crippen molar-refractivity contribution in [1.82, 2.24) is 15.5 Å². The van der Waals surface area contributed by atoms with E-state index >= 15 is 0 Å². The summed E-state index contributed by atoms with van der Waals surface area (Å²) in [6.07, 6.45) is 3.42. The molecule has 1 unspecified atom stereocenters. The molecule has 2 aromatic heterocycles. The number of aromatic nitrogens is 2. The molecule has 0 aliphatic carbocycles. The number of hydrogen-bond donors (Lipinski definition) is 1. The van der Waals surface area contributed by atoms with E-state index in [-0.39, 0.29) is 0 Å². The molecule has 2 atom stereocenters. The molecule has 0 amide bonds. The van der Waals surface area contributed by atoms with Crippen molar-refractivity contribution in [3.63, 3.8) is 0 Å². The maximum Gasteiger partial charge on any atom is 0.227 e. The van der Waals surface area contributed by atoms with Crippen LogP contribution in [0, 0.1) is 0 Å². The molecule has 96 valence electrons. The van der Waals surface area contributed by atoms with E-state index in [0.29, 0.717) is 17.2 Å². The molecule has 1 aliphatic heterocycles. The van der Waals surface area contributed by atoms with Gasteiger partial charge in [0.25, 0.3) is 0 Å². The third-order valence-electron chi connectivity index (χ3n) is 3.05. The Morgan fingerprint density at radius 2 is 2.50 bits per heavy atom. The van der Waals surface area contributed by atoms with Crippen LogP contribution in [0.15, 0.2) is 26.5 Å². The Kier molecular flexibility index (Phi) is 3.67. The lowest BCUT2D eigenvalue weighted by atomic mass is 10.0. The first-order valence-corrected chi connectivity index (χ1v) is 7.82. The van der Waals surface area contributed by atoms with E-state index < -0.39 is 0 Å². The van der Waals surface area contributed by atoms with E-state index in [0.717, 1.165) is 13.0 Å².